The number of methoxy groups -OCH3 is 1. The van der Waals surface area contributed by atoms with Gasteiger partial charge in [-0.2, -0.15) is 11.8 Å². The Morgan fingerprint density at radius 2 is 2.00 bits per heavy atom. The molecule has 0 bridgehead atoms. The monoisotopic (exact) mass is 281 g/mol. The van der Waals surface area contributed by atoms with Gasteiger partial charge < -0.3 is 10.1 Å². The third-order valence-corrected chi connectivity index (χ3v) is 4.30. The molecule has 0 saturated carbocycles. The first-order chi connectivity index (χ1) is 8.87. The number of rotatable bonds is 6. The second kappa shape index (κ2) is 7.20. The third kappa shape index (κ3) is 5.45. The molecule has 0 fully saturated rings. The van der Waals surface area contributed by atoms with Crippen LogP contribution < -0.4 is 10.1 Å². The van der Waals surface area contributed by atoms with Crippen LogP contribution in [0.4, 0.5) is 0 Å². The van der Waals surface area contributed by atoms with Crippen molar-refractivity contribution in [1.29, 1.82) is 0 Å². The molecule has 108 valence electrons. The Hall–Kier alpha value is -0.670. The molecule has 0 heterocycles. The minimum Gasteiger partial charge on any atom is -0.496 e. The Morgan fingerprint density at radius 1 is 1.32 bits per heavy atom. The van der Waals surface area contributed by atoms with Crippen LogP contribution in [0.2, 0.25) is 0 Å². The van der Waals surface area contributed by atoms with Gasteiger partial charge in [0.25, 0.3) is 0 Å². The van der Waals surface area contributed by atoms with E-state index in [0.29, 0.717) is 6.04 Å². The highest BCUT2D eigenvalue weighted by atomic mass is 32.2. The van der Waals surface area contributed by atoms with E-state index in [2.05, 4.69) is 58.1 Å². The quantitative estimate of drug-likeness (QED) is 0.835. The Bertz CT molecular complexity index is 398. The van der Waals surface area contributed by atoms with Crippen LogP contribution >= 0.6 is 11.8 Å². The van der Waals surface area contributed by atoms with Crippen LogP contribution in [0.25, 0.3) is 0 Å². The molecule has 1 atom stereocenters. The topological polar surface area (TPSA) is 21.3 Å². The van der Waals surface area contributed by atoms with Gasteiger partial charge in [0.15, 0.2) is 0 Å². The van der Waals surface area contributed by atoms with E-state index in [4.69, 9.17) is 4.74 Å². The molecule has 1 N–H and O–H groups in total. The van der Waals surface area contributed by atoms with E-state index in [1.165, 1.54) is 11.1 Å². The smallest absolute Gasteiger partial charge is 0.122 e. The lowest BCUT2D eigenvalue weighted by molar-refractivity contribution is 0.411. The molecule has 19 heavy (non-hydrogen) atoms. The summed E-state index contributed by atoms with van der Waals surface area (Å²) in [5, 5.41) is 3.45. The second-order valence-corrected chi connectivity index (χ2v) is 7.55. The van der Waals surface area contributed by atoms with E-state index in [-0.39, 0.29) is 4.75 Å². The van der Waals surface area contributed by atoms with Crippen LogP contribution in [0, 0.1) is 0 Å². The fourth-order valence-electron chi connectivity index (χ4n) is 1.90. The van der Waals surface area contributed by atoms with Crippen molar-refractivity contribution in [1.82, 2.24) is 5.32 Å². The molecule has 1 aromatic rings. The zero-order valence-corrected chi connectivity index (χ0v) is 13.9. The Balaban J connectivity index is 2.89. The maximum atomic E-state index is 5.47. The molecule has 0 aromatic heterocycles. The van der Waals surface area contributed by atoms with Crippen LogP contribution in [0.5, 0.6) is 5.75 Å². The SMILES string of the molecule is CCNC(C)c1ccc(OC)c(CSC(C)(C)C)c1. The van der Waals surface area contributed by atoms with E-state index < -0.39 is 0 Å². The van der Waals surface area contributed by atoms with Crippen LogP contribution in [0.15, 0.2) is 18.2 Å². The first kappa shape index (κ1) is 16.4. The van der Waals surface area contributed by atoms with Gasteiger partial charge in [-0.25, -0.2) is 0 Å². The average Bonchev–Trinajstić information content (AvgIpc) is 2.35. The fraction of sp³-hybridized carbons (Fsp3) is 0.625. The largest absolute Gasteiger partial charge is 0.496 e. The summed E-state index contributed by atoms with van der Waals surface area (Å²) in [5.41, 5.74) is 2.61. The van der Waals surface area contributed by atoms with Gasteiger partial charge in [-0.15, -0.1) is 0 Å². The molecule has 0 amide bonds. The van der Waals surface area contributed by atoms with Crippen LogP contribution in [-0.2, 0) is 5.75 Å². The minimum atomic E-state index is 0.272. The summed E-state index contributed by atoms with van der Waals surface area (Å²) in [6, 6.07) is 6.89. The summed E-state index contributed by atoms with van der Waals surface area (Å²) in [7, 11) is 1.74. The van der Waals surface area contributed by atoms with E-state index in [9.17, 15) is 0 Å². The van der Waals surface area contributed by atoms with Gasteiger partial charge in [0.1, 0.15) is 5.75 Å². The summed E-state index contributed by atoms with van der Waals surface area (Å²) in [6.07, 6.45) is 0. The summed E-state index contributed by atoms with van der Waals surface area (Å²) in [5.74, 6) is 1.98. The van der Waals surface area contributed by atoms with Gasteiger partial charge in [0, 0.05) is 22.1 Å². The maximum Gasteiger partial charge on any atom is 0.122 e. The van der Waals surface area contributed by atoms with Crippen LogP contribution in [0.1, 0.15) is 51.8 Å². The van der Waals surface area contributed by atoms with Crippen LogP contribution in [-0.4, -0.2) is 18.4 Å². The number of benzene rings is 1. The molecule has 1 aromatic carbocycles. The molecule has 0 saturated heterocycles. The molecule has 3 heteroatoms. The molecule has 1 rings (SSSR count). The van der Waals surface area contributed by atoms with Crippen molar-refractivity contribution in [3.63, 3.8) is 0 Å². The van der Waals surface area contributed by atoms with Gasteiger partial charge in [0.2, 0.25) is 0 Å². The number of ether oxygens (including phenoxy) is 1. The lowest BCUT2D eigenvalue weighted by Gasteiger charge is -2.20. The van der Waals surface area contributed by atoms with E-state index in [0.717, 1.165) is 18.0 Å². The predicted octanol–water partition coefficient (Wildman–Crippen LogP) is 4.40. The van der Waals surface area contributed by atoms with Crippen molar-refractivity contribution in [2.75, 3.05) is 13.7 Å². The standard InChI is InChI=1S/C16H27NOS/c1-7-17-12(2)13-8-9-15(18-6)14(10-13)11-19-16(3,4)5/h8-10,12,17H,7,11H2,1-6H3. The zero-order valence-electron chi connectivity index (χ0n) is 13.0. The van der Waals surface area contributed by atoms with Gasteiger partial charge in [0.05, 0.1) is 7.11 Å². The number of nitrogens with one attached hydrogen (secondary N) is 1. The molecule has 0 aliphatic rings. The number of hydrogen-bond acceptors (Lipinski definition) is 3. The van der Waals surface area contributed by atoms with E-state index >= 15 is 0 Å². The molecule has 1 unspecified atom stereocenters. The fourth-order valence-corrected chi connectivity index (χ4v) is 2.71. The highest BCUT2D eigenvalue weighted by Crippen LogP contribution is 2.32. The van der Waals surface area contributed by atoms with Crippen molar-refractivity contribution in [2.45, 2.75) is 51.2 Å². The van der Waals surface area contributed by atoms with Gasteiger partial charge in [-0.05, 0) is 31.2 Å². The van der Waals surface area contributed by atoms with Crippen molar-refractivity contribution in [3.05, 3.63) is 29.3 Å². The first-order valence-electron chi connectivity index (χ1n) is 6.91. The average molecular weight is 281 g/mol. The first-order valence-corrected chi connectivity index (χ1v) is 7.90. The minimum absolute atomic E-state index is 0.272. The summed E-state index contributed by atoms with van der Waals surface area (Å²) >= 11 is 1.95. The zero-order chi connectivity index (χ0) is 14.5. The highest BCUT2D eigenvalue weighted by molar-refractivity contribution is 7.99. The lowest BCUT2D eigenvalue weighted by Crippen LogP contribution is -2.17. The van der Waals surface area contributed by atoms with E-state index in [1.54, 1.807) is 7.11 Å². The second-order valence-electron chi connectivity index (χ2n) is 5.75. The number of hydrogen-bond donors (Lipinski definition) is 1. The summed E-state index contributed by atoms with van der Waals surface area (Å²) in [6.45, 7) is 12.1. The van der Waals surface area contributed by atoms with Gasteiger partial charge >= 0.3 is 0 Å². The van der Waals surface area contributed by atoms with Crippen molar-refractivity contribution < 1.29 is 4.74 Å². The van der Waals surface area contributed by atoms with Crippen molar-refractivity contribution in [2.24, 2.45) is 0 Å². The lowest BCUT2D eigenvalue weighted by atomic mass is 10.0. The third-order valence-electron chi connectivity index (χ3n) is 2.98. The number of thioether (sulfide) groups is 1. The van der Waals surface area contributed by atoms with Crippen LogP contribution in [0.3, 0.4) is 0 Å². The van der Waals surface area contributed by atoms with E-state index in [1.807, 2.05) is 11.8 Å². The molecule has 2 nitrogen and oxygen atoms in total. The molecule has 0 aliphatic heterocycles. The van der Waals surface area contributed by atoms with Crippen molar-refractivity contribution in [3.8, 4) is 5.75 Å². The molecule has 0 radical (unpaired) electrons. The predicted molar refractivity (Wildman–Crippen MR) is 86.1 cm³/mol. The Morgan fingerprint density at radius 3 is 2.53 bits per heavy atom. The van der Waals surface area contributed by atoms with Crippen molar-refractivity contribution >= 4 is 11.8 Å². The van der Waals surface area contributed by atoms with Gasteiger partial charge in [-0.1, -0.05) is 33.8 Å². The maximum absolute atomic E-state index is 5.47. The normalized spacial score (nSPS) is 13.4. The molecular formula is C16H27NOS. The summed E-state index contributed by atoms with van der Waals surface area (Å²) < 4.78 is 5.74. The highest BCUT2D eigenvalue weighted by Gasteiger charge is 2.14. The Kier molecular flexibility index (Phi) is 6.21. The summed E-state index contributed by atoms with van der Waals surface area (Å²) in [4.78, 5) is 0. The van der Waals surface area contributed by atoms with Gasteiger partial charge in [-0.3, -0.25) is 0 Å². The molecular weight excluding hydrogens is 254 g/mol. The molecule has 0 aliphatic carbocycles. The Labute approximate surface area is 122 Å². The molecule has 0 spiro atoms.